The molecule has 1 rings (SSSR count). The van der Waals surface area contributed by atoms with Gasteiger partial charge in [-0.3, -0.25) is 14.4 Å². The molecule has 0 spiro atoms. The van der Waals surface area contributed by atoms with Gasteiger partial charge < -0.3 is 15.2 Å². The van der Waals surface area contributed by atoms with Gasteiger partial charge in [0.2, 0.25) is 0 Å². The number of carboxylic acid groups (broad SMARTS) is 1. The lowest BCUT2D eigenvalue weighted by molar-refractivity contribution is -0.142. The van der Waals surface area contributed by atoms with Gasteiger partial charge in [-0.1, -0.05) is 12.1 Å². The Morgan fingerprint density at radius 2 is 1.90 bits per heavy atom. The Bertz CT molecular complexity index is 526. The first-order valence-electron chi connectivity index (χ1n) is 6.12. The molecular formula is C14H17NO5. The van der Waals surface area contributed by atoms with E-state index in [2.05, 4.69) is 5.32 Å². The Labute approximate surface area is 116 Å². The van der Waals surface area contributed by atoms with Crippen LogP contribution in [-0.4, -0.2) is 34.9 Å². The fraction of sp³-hybridized carbons (Fsp3) is 0.357. The number of rotatable bonds is 6. The van der Waals surface area contributed by atoms with Crippen molar-refractivity contribution in [1.82, 2.24) is 5.32 Å². The number of ketones is 1. The van der Waals surface area contributed by atoms with Crippen molar-refractivity contribution in [2.24, 2.45) is 0 Å². The van der Waals surface area contributed by atoms with Crippen LogP contribution in [0.4, 0.5) is 0 Å². The molecule has 1 aromatic carbocycles. The highest BCUT2D eigenvalue weighted by atomic mass is 16.5. The molecule has 1 unspecified atom stereocenters. The topological polar surface area (TPSA) is 92.7 Å². The van der Waals surface area contributed by atoms with E-state index in [0.29, 0.717) is 11.3 Å². The summed E-state index contributed by atoms with van der Waals surface area (Å²) in [7, 11) is 0. The van der Waals surface area contributed by atoms with Crippen LogP contribution in [0.3, 0.4) is 0 Å². The number of nitrogens with one attached hydrogen (secondary N) is 1. The molecule has 0 aliphatic carbocycles. The molecule has 0 saturated heterocycles. The summed E-state index contributed by atoms with van der Waals surface area (Å²) in [6, 6.07) is 5.46. The molecule has 0 bridgehead atoms. The summed E-state index contributed by atoms with van der Waals surface area (Å²) < 4.78 is 5.39. The van der Waals surface area contributed by atoms with E-state index in [1.807, 2.05) is 0 Å². The molecule has 0 saturated carbocycles. The fourth-order valence-electron chi connectivity index (χ4n) is 1.44. The number of carboxylic acids is 1. The number of carbonyl (C=O) groups is 3. The summed E-state index contributed by atoms with van der Waals surface area (Å²) in [5, 5.41) is 11.0. The van der Waals surface area contributed by atoms with Crippen molar-refractivity contribution in [2.75, 3.05) is 0 Å². The highest BCUT2D eigenvalue weighted by Crippen LogP contribution is 2.15. The summed E-state index contributed by atoms with van der Waals surface area (Å²) in [5.74, 6) is -1.38. The zero-order valence-corrected chi connectivity index (χ0v) is 11.5. The SMILES string of the molecule is CC(=O)c1cccc(OC(C)C(=O)N[C@@H](C)C(=O)O)c1. The van der Waals surface area contributed by atoms with E-state index in [0.717, 1.165) is 0 Å². The lowest BCUT2D eigenvalue weighted by atomic mass is 10.1. The highest BCUT2D eigenvalue weighted by Gasteiger charge is 2.20. The molecule has 0 radical (unpaired) electrons. The van der Waals surface area contributed by atoms with Crippen molar-refractivity contribution in [3.8, 4) is 5.75 Å². The first kappa shape index (κ1) is 15.7. The van der Waals surface area contributed by atoms with Crippen LogP contribution < -0.4 is 10.1 Å². The predicted octanol–water partition coefficient (Wildman–Crippen LogP) is 1.25. The third-order valence-electron chi connectivity index (χ3n) is 2.65. The van der Waals surface area contributed by atoms with Crippen LogP contribution in [0.15, 0.2) is 24.3 Å². The molecular weight excluding hydrogens is 262 g/mol. The smallest absolute Gasteiger partial charge is 0.325 e. The van der Waals surface area contributed by atoms with E-state index in [4.69, 9.17) is 9.84 Å². The van der Waals surface area contributed by atoms with Gasteiger partial charge in [0.1, 0.15) is 11.8 Å². The minimum absolute atomic E-state index is 0.105. The monoisotopic (exact) mass is 279 g/mol. The first-order valence-corrected chi connectivity index (χ1v) is 6.12. The Morgan fingerprint density at radius 1 is 1.25 bits per heavy atom. The van der Waals surface area contributed by atoms with Gasteiger partial charge in [0.25, 0.3) is 5.91 Å². The number of ether oxygens (including phenoxy) is 1. The van der Waals surface area contributed by atoms with E-state index < -0.39 is 24.0 Å². The van der Waals surface area contributed by atoms with Crippen molar-refractivity contribution in [2.45, 2.75) is 32.9 Å². The van der Waals surface area contributed by atoms with Crippen molar-refractivity contribution in [3.05, 3.63) is 29.8 Å². The van der Waals surface area contributed by atoms with Gasteiger partial charge >= 0.3 is 5.97 Å². The maximum absolute atomic E-state index is 11.7. The van der Waals surface area contributed by atoms with E-state index >= 15 is 0 Å². The lowest BCUT2D eigenvalue weighted by Gasteiger charge is -2.16. The second kappa shape index (κ2) is 6.70. The zero-order chi connectivity index (χ0) is 15.3. The van der Waals surface area contributed by atoms with Gasteiger partial charge in [0.05, 0.1) is 0 Å². The first-order chi connectivity index (χ1) is 9.31. The second-order valence-corrected chi connectivity index (χ2v) is 4.41. The Kier molecular flexibility index (Phi) is 5.25. The maximum atomic E-state index is 11.7. The number of Topliss-reactive ketones (excluding diaryl/α,β-unsaturated/α-hetero) is 1. The zero-order valence-electron chi connectivity index (χ0n) is 11.5. The Hall–Kier alpha value is -2.37. The molecule has 1 amide bonds. The van der Waals surface area contributed by atoms with Crippen LogP contribution in [0.2, 0.25) is 0 Å². The minimum atomic E-state index is -1.12. The van der Waals surface area contributed by atoms with Gasteiger partial charge in [0.15, 0.2) is 11.9 Å². The standard InChI is InChI=1S/C14H17NO5/c1-8(14(18)19)15-13(17)10(3)20-12-6-4-5-11(7-12)9(2)16/h4-8,10H,1-3H3,(H,15,17)(H,18,19)/t8-,10?/m0/s1. The molecule has 0 aliphatic heterocycles. The van der Waals surface area contributed by atoms with Crippen LogP contribution in [0.25, 0.3) is 0 Å². The second-order valence-electron chi connectivity index (χ2n) is 4.41. The summed E-state index contributed by atoms with van der Waals surface area (Å²) >= 11 is 0. The quantitative estimate of drug-likeness (QED) is 0.764. The average molecular weight is 279 g/mol. The Balaban J connectivity index is 2.68. The van der Waals surface area contributed by atoms with Crippen molar-refractivity contribution >= 4 is 17.7 Å². The molecule has 0 aromatic heterocycles. The minimum Gasteiger partial charge on any atom is -0.481 e. The average Bonchev–Trinajstić information content (AvgIpc) is 2.38. The predicted molar refractivity (Wildman–Crippen MR) is 71.8 cm³/mol. The van der Waals surface area contributed by atoms with Crippen LogP contribution in [0, 0.1) is 0 Å². The molecule has 0 aliphatic rings. The molecule has 1 aromatic rings. The number of amides is 1. The van der Waals surface area contributed by atoms with Crippen molar-refractivity contribution in [1.29, 1.82) is 0 Å². The molecule has 6 nitrogen and oxygen atoms in total. The van der Waals surface area contributed by atoms with Gasteiger partial charge in [0, 0.05) is 5.56 Å². The van der Waals surface area contributed by atoms with Crippen LogP contribution >= 0.6 is 0 Å². The lowest BCUT2D eigenvalue weighted by Crippen LogP contribution is -2.44. The molecule has 2 atom stereocenters. The molecule has 0 fully saturated rings. The van der Waals surface area contributed by atoms with Crippen LogP contribution in [0.1, 0.15) is 31.1 Å². The summed E-state index contributed by atoms with van der Waals surface area (Å²) in [6.07, 6.45) is -0.862. The maximum Gasteiger partial charge on any atom is 0.325 e. The number of aliphatic carboxylic acids is 1. The van der Waals surface area contributed by atoms with Gasteiger partial charge in [-0.05, 0) is 32.9 Å². The summed E-state index contributed by atoms with van der Waals surface area (Å²) in [5.41, 5.74) is 0.481. The number of carbonyl (C=O) groups excluding carboxylic acids is 2. The molecule has 0 heterocycles. The number of benzene rings is 1. The van der Waals surface area contributed by atoms with Crippen LogP contribution in [-0.2, 0) is 9.59 Å². The largest absolute Gasteiger partial charge is 0.481 e. The van der Waals surface area contributed by atoms with Gasteiger partial charge in [-0.25, -0.2) is 0 Å². The molecule has 2 N–H and O–H groups in total. The van der Waals surface area contributed by atoms with E-state index in [1.165, 1.54) is 26.8 Å². The van der Waals surface area contributed by atoms with Crippen molar-refractivity contribution < 1.29 is 24.2 Å². The van der Waals surface area contributed by atoms with E-state index in [1.54, 1.807) is 18.2 Å². The van der Waals surface area contributed by atoms with Gasteiger partial charge in [-0.15, -0.1) is 0 Å². The normalized spacial score (nSPS) is 13.2. The summed E-state index contributed by atoms with van der Waals surface area (Å²) in [6.45, 7) is 4.30. The third kappa shape index (κ3) is 4.38. The van der Waals surface area contributed by atoms with Crippen molar-refractivity contribution in [3.63, 3.8) is 0 Å². The van der Waals surface area contributed by atoms with Gasteiger partial charge in [-0.2, -0.15) is 0 Å². The third-order valence-corrected chi connectivity index (χ3v) is 2.65. The number of hydrogen-bond donors (Lipinski definition) is 2. The Morgan fingerprint density at radius 3 is 2.45 bits per heavy atom. The highest BCUT2D eigenvalue weighted by molar-refractivity contribution is 5.94. The molecule has 6 heteroatoms. The van der Waals surface area contributed by atoms with Crippen LogP contribution in [0.5, 0.6) is 5.75 Å². The molecule has 20 heavy (non-hydrogen) atoms. The number of hydrogen-bond acceptors (Lipinski definition) is 4. The summed E-state index contributed by atoms with van der Waals surface area (Å²) in [4.78, 5) is 33.6. The molecule has 108 valence electrons. The van der Waals surface area contributed by atoms with E-state index in [9.17, 15) is 14.4 Å². The fourth-order valence-corrected chi connectivity index (χ4v) is 1.44. The van der Waals surface area contributed by atoms with E-state index in [-0.39, 0.29) is 5.78 Å².